The highest BCUT2D eigenvalue weighted by atomic mass is 79.9. The number of piperidine rings is 1. The van der Waals surface area contributed by atoms with Gasteiger partial charge in [0.15, 0.2) is 0 Å². The number of phenols is 1. The molecule has 1 aliphatic rings. The molecule has 144 valence electrons. The Bertz CT molecular complexity index is 745. The maximum absolute atomic E-state index is 12.9. The highest BCUT2D eigenvalue weighted by molar-refractivity contribution is 9.10. The number of carbonyl (C=O) groups excluding carboxylic acids is 1. The molecule has 0 aliphatic carbocycles. The summed E-state index contributed by atoms with van der Waals surface area (Å²) in [5.41, 5.74) is 2.18. The molecule has 1 heterocycles. The lowest BCUT2D eigenvalue weighted by atomic mass is 10.1. The zero-order valence-electron chi connectivity index (χ0n) is 15.3. The number of rotatable bonds is 6. The lowest BCUT2D eigenvalue weighted by Crippen LogP contribution is -2.48. The zero-order chi connectivity index (χ0) is 19.1. The molecule has 2 aromatic rings. The van der Waals surface area contributed by atoms with Gasteiger partial charge in [0.1, 0.15) is 5.75 Å². The third-order valence-corrected chi connectivity index (χ3v) is 5.65. The molecule has 0 aromatic heterocycles. The number of phenolic OH excluding ortho intramolecular Hbond substituents is 1. The van der Waals surface area contributed by atoms with Crippen molar-refractivity contribution >= 4 is 22.0 Å². The third-order valence-electron chi connectivity index (χ3n) is 4.87. The predicted molar refractivity (Wildman–Crippen MR) is 111 cm³/mol. The van der Waals surface area contributed by atoms with Crippen molar-refractivity contribution < 1.29 is 9.90 Å². The number of nitrogens with one attached hydrogen (secondary N) is 2. The molecule has 3 N–H and O–H groups in total. The van der Waals surface area contributed by atoms with Gasteiger partial charge in [-0.25, -0.2) is 4.79 Å². The molecule has 0 bridgehead atoms. The molecule has 6 heteroatoms. The monoisotopic (exact) mass is 431 g/mol. The molecule has 2 aromatic carbocycles. The average molecular weight is 432 g/mol. The van der Waals surface area contributed by atoms with Gasteiger partial charge in [0.25, 0.3) is 0 Å². The number of benzene rings is 2. The Hall–Kier alpha value is -2.05. The Kier molecular flexibility index (Phi) is 7.12. The molecule has 0 spiro atoms. The van der Waals surface area contributed by atoms with Gasteiger partial charge in [-0.05, 0) is 61.7 Å². The van der Waals surface area contributed by atoms with E-state index < -0.39 is 0 Å². The number of amides is 2. The van der Waals surface area contributed by atoms with Crippen molar-refractivity contribution in [2.75, 3.05) is 19.6 Å². The van der Waals surface area contributed by atoms with Crippen molar-refractivity contribution in [3.8, 4) is 5.75 Å². The van der Waals surface area contributed by atoms with E-state index in [0.29, 0.717) is 13.1 Å². The second-order valence-corrected chi connectivity index (χ2v) is 7.76. The van der Waals surface area contributed by atoms with Crippen LogP contribution in [0.4, 0.5) is 4.79 Å². The van der Waals surface area contributed by atoms with E-state index in [1.165, 1.54) is 5.56 Å². The third kappa shape index (κ3) is 5.97. The van der Waals surface area contributed by atoms with Crippen LogP contribution in [0.15, 0.2) is 53.0 Å². The van der Waals surface area contributed by atoms with E-state index in [9.17, 15) is 9.90 Å². The second-order valence-electron chi connectivity index (χ2n) is 6.90. The number of urea groups is 1. The minimum atomic E-state index is -0.0259. The van der Waals surface area contributed by atoms with E-state index in [0.717, 1.165) is 42.4 Å². The van der Waals surface area contributed by atoms with Gasteiger partial charge in [0, 0.05) is 23.6 Å². The molecule has 1 saturated heterocycles. The molecule has 5 nitrogen and oxygen atoms in total. The maximum atomic E-state index is 12.9. The van der Waals surface area contributed by atoms with Crippen LogP contribution in [0.5, 0.6) is 5.75 Å². The van der Waals surface area contributed by atoms with Gasteiger partial charge in [-0.1, -0.05) is 46.3 Å². The quantitative estimate of drug-likeness (QED) is 0.653. The first kappa shape index (κ1) is 19.7. The van der Waals surface area contributed by atoms with Crippen molar-refractivity contribution in [1.29, 1.82) is 0 Å². The molecule has 27 heavy (non-hydrogen) atoms. The Morgan fingerprint density at radius 3 is 2.56 bits per heavy atom. The summed E-state index contributed by atoms with van der Waals surface area (Å²) in [5.74, 6) is 0.234. The standard InChI is InChI=1S/C21H26BrN3O2/c22-20-4-2-1-3-17(20)11-14-25(15-16-5-7-19(26)8-6-16)21(27)24-18-9-12-23-13-10-18/h1-8,18,23,26H,9-15H2,(H,24,27). The highest BCUT2D eigenvalue weighted by Crippen LogP contribution is 2.18. The van der Waals surface area contributed by atoms with Gasteiger partial charge >= 0.3 is 6.03 Å². The van der Waals surface area contributed by atoms with Crippen LogP contribution in [0.3, 0.4) is 0 Å². The number of carbonyl (C=O) groups is 1. The molecule has 3 rings (SSSR count). The van der Waals surface area contributed by atoms with Gasteiger partial charge in [-0.2, -0.15) is 0 Å². The SMILES string of the molecule is O=C(NC1CCNCC1)N(CCc1ccccc1Br)Cc1ccc(O)cc1. The van der Waals surface area contributed by atoms with Crippen LogP contribution in [0, 0.1) is 0 Å². The van der Waals surface area contributed by atoms with Crippen LogP contribution in [-0.2, 0) is 13.0 Å². The van der Waals surface area contributed by atoms with E-state index in [-0.39, 0.29) is 17.8 Å². The fourth-order valence-corrected chi connectivity index (χ4v) is 3.75. The number of hydrogen-bond acceptors (Lipinski definition) is 3. The van der Waals surface area contributed by atoms with E-state index in [4.69, 9.17) is 0 Å². The van der Waals surface area contributed by atoms with Crippen LogP contribution >= 0.6 is 15.9 Å². The van der Waals surface area contributed by atoms with Gasteiger partial charge in [0.05, 0.1) is 0 Å². The lowest BCUT2D eigenvalue weighted by Gasteiger charge is -2.29. The lowest BCUT2D eigenvalue weighted by molar-refractivity contribution is 0.188. The van der Waals surface area contributed by atoms with Gasteiger partial charge in [-0.15, -0.1) is 0 Å². The Labute approximate surface area is 168 Å². The van der Waals surface area contributed by atoms with E-state index >= 15 is 0 Å². The Balaban J connectivity index is 1.67. The van der Waals surface area contributed by atoms with E-state index in [1.54, 1.807) is 12.1 Å². The number of hydrogen-bond donors (Lipinski definition) is 3. The van der Waals surface area contributed by atoms with Crippen molar-refractivity contribution in [1.82, 2.24) is 15.5 Å². The molecule has 2 amide bonds. The van der Waals surface area contributed by atoms with E-state index in [2.05, 4.69) is 32.6 Å². The normalized spacial score (nSPS) is 14.7. The number of nitrogens with zero attached hydrogens (tertiary/aromatic N) is 1. The van der Waals surface area contributed by atoms with Gasteiger partial charge < -0.3 is 20.6 Å². The first-order valence-electron chi connectivity index (χ1n) is 9.39. The minimum absolute atomic E-state index is 0.0259. The van der Waals surface area contributed by atoms with Crippen molar-refractivity contribution in [3.63, 3.8) is 0 Å². The van der Waals surface area contributed by atoms with Crippen LogP contribution in [0.25, 0.3) is 0 Å². The fourth-order valence-electron chi connectivity index (χ4n) is 3.26. The Morgan fingerprint density at radius 1 is 1.15 bits per heavy atom. The molecule has 0 radical (unpaired) electrons. The largest absolute Gasteiger partial charge is 0.508 e. The topological polar surface area (TPSA) is 64.6 Å². The second kappa shape index (κ2) is 9.76. The van der Waals surface area contributed by atoms with Crippen LogP contribution in [0.1, 0.15) is 24.0 Å². The molecule has 0 unspecified atom stereocenters. The first-order valence-corrected chi connectivity index (χ1v) is 10.2. The summed E-state index contributed by atoms with van der Waals surface area (Å²) in [6.45, 7) is 3.03. The van der Waals surface area contributed by atoms with E-state index in [1.807, 2.05) is 35.2 Å². The molecule has 0 saturated carbocycles. The summed E-state index contributed by atoms with van der Waals surface area (Å²) in [4.78, 5) is 14.8. The highest BCUT2D eigenvalue weighted by Gasteiger charge is 2.20. The van der Waals surface area contributed by atoms with Gasteiger partial charge in [-0.3, -0.25) is 0 Å². The predicted octanol–water partition coefficient (Wildman–Crippen LogP) is 3.66. The summed E-state index contributed by atoms with van der Waals surface area (Å²) in [7, 11) is 0. The summed E-state index contributed by atoms with van der Waals surface area (Å²) in [6, 6.07) is 15.3. The Morgan fingerprint density at radius 2 is 1.85 bits per heavy atom. The molecular weight excluding hydrogens is 406 g/mol. The smallest absolute Gasteiger partial charge is 0.317 e. The average Bonchev–Trinajstić information content (AvgIpc) is 2.68. The molecule has 1 fully saturated rings. The molecule has 1 aliphatic heterocycles. The summed E-state index contributed by atoms with van der Waals surface area (Å²) >= 11 is 3.58. The van der Waals surface area contributed by atoms with Crippen molar-refractivity contribution in [2.45, 2.75) is 31.8 Å². The first-order chi connectivity index (χ1) is 13.1. The number of halogens is 1. The maximum Gasteiger partial charge on any atom is 0.317 e. The zero-order valence-corrected chi connectivity index (χ0v) is 16.9. The van der Waals surface area contributed by atoms with Crippen molar-refractivity contribution in [2.24, 2.45) is 0 Å². The van der Waals surface area contributed by atoms with Crippen LogP contribution in [0.2, 0.25) is 0 Å². The summed E-state index contributed by atoms with van der Waals surface area (Å²) < 4.78 is 1.06. The number of aromatic hydroxyl groups is 1. The molecule has 0 atom stereocenters. The molecular formula is C21H26BrN3O2. The van der Waals surface area contributed by atoms with Crippen molar-refractivity contribution in [3.05, 3.63) is 64.1 Å². The van der Waals surface area contributed by atoms with Crippen LogP contribution in [-0.4, -0.2) is 41.7 Å². The minimum Gasteiger partial charge on any atom is -0.508 e. The summed E-state index contributed by atoms with van der Waals surface area (Å²) in [5, 5.41) is 16.0. The van der Waals surface area contributed by atoms with Crippen LogP contribution < -0.4 is 10.6 Å². The summed E-state index contributed by atoms with van der Waals surface area (Å²) in [6.07, 6.45) is 2.70. The van der Waals surface area contributed by atoms with Gasteiger partial charge in [0.2, 0.25) is 0 Å². The fraction of sp³-hybridized carbons (Fsp3) is 0.381.